The summed E-state index contributed by atoms with van der Waals surface area (Å²) in [4.78, 5) is 0. The fourth-order valence-electron chi connectivity index (χ4n) is 3.25. The number of benzene rings is 1. The van der Waals surface area contributed by atoms with Crippen molar-refractivity contribution in [3.05, 3.63) is 29.3 Å². The number of nitrogens with two attached hydrogens (primary N) is 1. The molecule has 2 heterocycles. The van der Waals surface area contributed by atoms with E-state index in [1.54, 1.807) is 0 Å². The van der Waals surface area contributed by atoms with Crippen molar-refractivity contribution < 1.29 is 14.2 Å². The Balaban J connectivity index is 1.75. The van der Waals surface area contributed by atoms with E-state index >= 15 is 0 Å². The van der Waals surface area contributed by atoms with Crippen LogP contribution in [0.4, 0.5) is 0 Å². The van der Waals surface area contributed by atoms with Gasteiger partial charge in [0.1, 0.15) is 11.9 Å². The van der Waals surface area contributed by atoms with Gasteiger partial charge in [0.2, 0.25) is 0 Å². The third-order valence-electron chi connectivity index (χ3n) is 4.47. The van der Waals surface area contributed by atoms with Crippen molar-refractivity contribution in [2.45, 2.75) is 50.9 Å². The van der Waals surface area contributed by atoms with Gasteiger partial charge < -0.3 is 19.9 Å². The molecule has 2 fully saturated rings. The molecule has 2 aliphatic rings. The van der Waals surface area contributed by atoms with Gasteiger partial charge in [0.15, 0.2) is 0 Å². The fraction of sp³-hybridized carbons (Fsp3) is 0.647. The topological polar surface area (TPSA) is 53.7 Å². The lowest BCUT2D eigenvalue weighted by Gasteiger charge is -2.37. The molecule has 4 heteroatoms. The van der Waals surface area contributed by atoms with Crippen LogP contribution in [0.5, 0.6) is 5.75 Å². The number of ether oxygens (including phenoxy) is 3. The standard InChI is InChI=1S/C17H25NO3/c1-12-3-4-15(13(2)18)16(9-12)21-14-5-7-20-17(10-14)6-8-19-11-17/h3-4,9,13-14H,5-8,10-11,18H2,1-2H3/t13-,14?,17?/m1/s1. The van der Waals surface area contributed by atoms with E-state index in [1.807, 2.05) is 6.92 Å². The Morgan fingerprint density at radius 2 is 2.24 bits per heavy atom. The van der Waals surface area contributed by atoms with E-state index < -0.39 is 0 Å². The molecule has 3 rings (SSSR count). The maximum Gasteiger partial charge on any atom is 0.124 e. The molecule has 4 nitrogen and oxygen atoms in total. The van der Waals surface area contributed by atoms with E-state index in [0.29, 0.717) is 6.61 Å². The quantitative estimate of drug-likeness (QED) is 0.930. The lowest BCUT2D eigenvalue weighted by Crippen LogP contribution is -2.44. The van der Waals surface area contributed by atoms with Crippen LogP contribution in [-0.2, 0) is 9.47 Å². The second-order valence-electron chi connectivity index (χ2n) is 6.40. The maximum absolute atomic E-state index is 6.30. The molecule has 2 unspecified atom stereocenters. The molecular weight excluding hydrogens is 266 g/mol. The smallest absolute Gasteiger partial charge is 0.124 e. The summed E-state index contributed by atoms with van der Waals surface area (Å²) in [5, 5.41) is 0. The van der Waals surface area contributed by atoms with E-state index in [2.05, 4.69) is 25.1 Å². The minimum atomic E-state index is -0.124. The van der Waals surface area contributed by atoms with E-state index in [-0.39, 0.29) is 17.7 Å². The van der Waals surface area contributed by atoms with Gasteiger partial charge in [0, 0.05) is 37.5 Å². The minimum absolute atomic E-state index is 0.0239. The molecule has 1 aromatic carbocycles. The minimum Gasteiger partial charge on any atom is -0.490 e. The molecule has 0 radical (unpaired) electrons. The van der Waals surface area contributed by atoms with E-state index in [9.17, 15) is 0 Å². The van der Waals surface area contributed by atoms with Gasteiger partial charge in [-0.3, -0.25) is 0 Å². The maximum atomic E-state index is 6.30. The monoisotopic (exact) mass is 291 g/mol. The molecule has 0 aliphatic carbocycles. The summed E-state index contributed by atoms with van der Waals surface area (Å²) in [6.07, 6.45) is 2.98. The van der Waals surface area contributed by atoms with Crippen molar-refractivity contribution in [2.24, 2.45) is 5.73 Å². The SMILES string of the molecule is Cc1ccc([C@@H](C)N)c(OC2CCOC3(CCOC3)C2)c1. The lowest BCUT2D eigenvalue weighted by atomic mass is 9.91. The van der Waals surface area contributed by atoms with Gasteiger partial charge in [-0.15, -0.1) is 0 Å². The summed E-state index contributed by atoms with van der Waals surface area (Å²) >= 11 is 0. The van der Waals surface area contributed by atoms with Gasteiger partial charge >= 0.3 is 0 Å². The van der Waals surface area contributed by atoms with Gasteiger partial charge in [-0.05, 0) is 25.5 Å². The highest BCUT2D eigenvalue weighted by atomic mass is 16.6. The van der Waals surface area contributed by atoms with Crippen LogP contribution in [0.1, 0.15) is 43.4 Å². The van der Waals surface area contributed by atoms with Gasteiger partial charge in [-0.2, -0.15) is 0 Å². The number of hydrogen-bond donors (Lipinski definition) is 1. The van der Waals surface area contributed by atoms with Crippen LogP contribution >= 0.6 is 0 Å². The Morgan fingerprint density at radius 3 is 2.95 bits per heavy atom. The van der Waals surface area contributed by atoms with E-state index in [1.165, 1.54) is 5.56 Å². The summed E-state index contributed by atoms with van der Waals surface area (Å²) in [5.41, 5.74) is 8.20. The van der Waals surface area contributed by atoms with Crippen molar-refractivity contribution in [3.8, 4) is 5.75 Å². The molecule has 2 saturated heterocycles. The van der Waals surface area contributed by atoms with Crippen molar-refractivity contribution in [1.82, 2.24) is 0 Å². The molecule has 0 saturated carbocycles. The third-order valence-corrected chi connectivity index (χ3v) is 4.47. The molecule has 1 aromatic rings. The first kappa shape index (κ1) is 14.8. The normalized spacial score (nSPS) is 30.5. The average Bonchev–Trinajstić information content (AvgIpc) is 2.86. The van der Waals surface area contributed by atoms with Gasteiger partial charge in [0.25, 0.3) is 0 Å². The highest BCUT2D eigenvalue weighted by Crippen LogP contribution is 2.35. The van der Waals surface area contributed by atoms with Crippen LogP contribution in [0.15, 0.2) is 18.2 Å². The molecule has 21 heavy (non-hydrogen) atoms. The molecule has 116 valence electrons. The average molecular weight is 291 g/mol. The first-order valence-corrected chi connectivity index (χ1v) is 7.82. The number of aryl methyl sites for hydroxylation is 1. The summed E-state index contributed by atoms with van der Waals surface area (Å²) in [5.74, 6) is 0.922. The molecule has 3 atom stereocenters. The van der Waals surface area contributed by atoms with Crippen molar-refractivity contribution in [2.75, 3.05) is 19.8 Å². The zero-order valence-corrected chi connectivity index (χ0v) is 12.9. The van der Waals surface area contributed by atoms with Gasteiger partial charge in [-0.1, -0.05) is 12.1 Å². The van der Waals surface area contributed by atoms with Crippen LogP contribution in [0.2, 0.25) is 0 Å². The second-order valence-corrected chi connectivity index (χ2v) is 6.40. The fourth-order valence-corrected chi connectivity index (χ4v) is 3.25. The van der Waals surface area contributed by atoms with Crippen LogP contribution in [-0.4, -0.2) is 31.5 Å². The van der Waals surface area contributed by atoms with Crippen LogP contribution < -0.4 is 10.5 Å². The summed E-state index contributed by atoms with van der Waals surface area (Å²) in [6.45, 7) is 6.30. The third kappa shape index (κ3) is 3.23. The zero-order chi connectivity index (χ0) is 14.9. The highest BCUT2D eigenvalue weighted by Gasteiger charge is 2.41. The highest BCUT2D eigenvalue weighted by molar-refractivity contribution is 5.39. The van der Waals surface area contributed by atoms with Crippen LogP contribution in [0, 0.1) is 6.92 Å². The molecule has 2 N–H and O–H groups in total. The molecule has 0 amide bonds. The van der Waals surface area contributed by atoms with E-state index in [0.717, 1.165) is 43.8 Å². The summed E-state index contributed by atoms with van der Waals surface area (Å²) in [6, 6.07) is 6.22. The molecule has 0 bridgehead atoms. The summed E-state index contributed by atoms with van der Waals surface area (Å²) < 4.78 is 17.8. The number of rotatable bonds is 3. The van der Waals surface area contributed by atoms with Crippen LogP contribution in [0.3, 0.4) is 0 Å². The Morgan fingerprint density at radius 1 is 1.38 bits per heavy atom. The van der Waals surface area contributed by atoms with Crippen molar-refractivity contribution in [3.63, 3.8) is 0 Å². The van der Waals surface area contributed by atoms with Gasteiger partial charge in [-0.25, -0.2) is 0 Å². The zero-order valence-electron chi connectivity index (χ0n) is 12.9. The van der Waals surface area contributed by atoms with E-state index in [4.69, 9.17) is 19.9 Å². The molecular formula is C17H25NO3. The predicted octanol–water partition coefficient (Wildman–Crippen LogP) is 2.73. The first-order valence-electron chi connectivity index (χ1n) is 7.82. The first-order chi connectivity index (χ1) is 10.1. The molecule has 2 aliphatic heterocycles. The molecule has 1 spiro atoms. The Hall–Kier alpha value is -1.10. The van der Waals surface area contributed by atoms with Crippen molar-refractivity contribution in [1.29, 1.82) is 0 Å². The Labute approximate surface area is 126 Å². The van der Waals surface area contributed by atoms with Gasteiger partial charge in [0.05, 0.1) is 18.8 Å². The lowest BCUT2D eigenvalue weighted by molar-refractivity contribution is -0.112. The second kappa shape index (κ2) is 5.95. The van der Waals surface area contributed by atoms with Crippen molar-refractivity contribution >= 4 is 0 Å². The Bertz CT molecular complexity index is 495. The predicted molar refractivity (Wildman–Crippen MR) is 81.6 cm³/mol. The Kier molecular flexibility index (Phi) is 4.20. The number of hydrogen-bond acceptors (Lipinski definition) is 4. The summed E-state index contributed by atoms with van der Waals surface area (Å²) in [7, 11) is 0. The largest absolute Gasteiger partial charge is 0.490 e. The molecule has 0 aromatic heterocycles. The van der Waals surface area contributed by atoms with Crippen LogP contribution in [0.25, 0.3) is 0 Å².